The molecule has 5 heteroatoms. The van der Waals surface area contributed by atoms with Gasteiger partial charge in [0.15, 0.2) is 0 Å². The molecular formula is C57H46N4O. The van der Waals surface area contributed by atoms with Crippen LogP contribution in [0.2, 0.25) is 0 Å². The van der Waals surface area contributed by atoms with Crippen LogP contribution in [-0.4, -0.2) is 19.9 Å². The van der Waals surface area contributed by atoms with Crippen molar-refractivity contribution < 1.29 is 4.42 Å². The summed E-state index contributed by atoms with van der Waals surface area (Å²) < 4.78 is 6.33. The molecule has 10 rings (SSSR count). The second kappa shape index (κ2) is 16.9. The van der Waals surface area contributed by atoms with Crippen LogP contribution in [-0.2, 0) is 25.7 Å². The van der Waals surface area contributed by atoms with Crippen molar-refractivity contribution in [2.24, 2.45) is 0 Å². The SMILES string of the molecule is Cc1ccc2c(n1)oc1c(-c3ccc(-c4ccccc4-c4cc(CCc5cnc(-c6ccccc6)cc5C)cc(CCc5cnc(-c6ccccc6)cc5C)c4)cn3)cccc12. The molecule has 10 aromatic rings. The number of furan rings is 1. The maximum atomic E-state index is 6.33. The smallest absolute Gasteiger partial charge is 0.227 e. The second-order valence-corrected chi connectivity index (χ2v) is 16.3. The van der Waals surface area contributed by atoms with Gasteiger partial charge in [-0.25, -0.2) is 4.98 Å². The average molecular weight is 803 g/mol. The van der Waals surface area contributed by atoms with Crippen LogP contribution < -0.4 is 0 Å². The lowest BCUT2D eigenvalue weighted by molar-refractivity contribution is 0.653. The highest BCUT2D eigenvalue weighted by molar-refractivity contribution is 6.08. The van der Waals surface area contributed by atoms with Gasteiger partial charge < -0.3 is 4.42 Å². The van der Waals surface area contributed by atoms with E-state index in [0.29, 0.717) is 5.71 Å². The molecule has 0 atom stereocenters. The molecule has 0 radical (unpaired) electrons. The number of rotatable bonds is 11. The fraction of sp³-hybridized carbons (Fsp3) is 0.123. The van der Waals surface area contributed by atoms with Crippen LogP contribution in [0.3, 0.4) is 0 Å². The van der Waals surface area contributed by atoms with E-state index in [-0.39, 0.29) is 0 Å². The van der Waals surface area contributed by atoms with Gasteiger partial charge in [-0.1, -0.05) is 121 Å². The summed E-state index contributed by atoms with van der Waals surface area (Å²) in [7, 11) is 0. The number of hydrogen-bond acceptors (Lipinski definition) is 5. The van der Waals surface area contributed by atoms with Gasteiger partial charge in [0.05, 0.1) is 17.1 Å². The summed E-state index contributed by atoms with van der Waals surface area (Å²) in [5.41, 5.74) is 20.8. The second-order valence-electron chi connectivity index (χ2n) is 16.3. The summed E-state index contributed by atoms with van der Waals surface area (Å²) in [5.74, 6) is 0. The third kappa shape index (κ3) is 7.93. The molecule has 0 N–H and O–H groups in total. The largest absolute Gasteiger partial charge is 0.437 e. The van der Waals surface area contributed by atoms with Gasteiger partial charge in [-0.05, 0) is 133 Å². The molecule has 0 fully saturated rings. The molecule has 0 saturated heterocycles. The first-order valence-corrected chi connectivity index (χ1v) is 21.4. The Morgan fingerprint density at radius 1 is 0.403 bits per heavy atom. The van der Waals surface area contributed by atoms with Crippen molar-refractivity contribution in [3.05, 3.63) is 215 Å². The normalized spacial score (nSPS) is 11.4. The topological polar surface area (TPSA) is 64.7 Å². The van der Waals surface area contributed by atoms with Gasteiger partial charge in [0.25, 0.3) is 0 Å². The van der Waals surface area contributed by atoms with E-state index in [1.54, 1.807) is 0 Å². The van der Waals surface area contributed by atoms with Crippen molar-refractivity contribution in [1.29, 1.82) is 0 Å². The summed E-state index contributed by atoms with van der Waals surface area (Å²) in [6, 6.07) is 55.8. The van der Waals surface area contributed by atoms with Crippen LogP contribution >= 0.6 is 0 Å². The summed E-state index contributed by atoms with van der Waals surface area (Å²) in [6.07, 6.45) is 9.74. The zero-order valence-corrected chi connectivity index (χ0v) is 35.3. The average Bonchev–Trinajstić information content (AvgIpc) is 3.69. The van der Waals surface area contributed by atoms with Crippen molar-refractivity contribution in [2.75, 3.05) is 0 Å². The number of nitrogens with zero attached hydrogens (tertiary/aromatic N) is 4. The predicted octanol–water partition coefficient (Wildman–Crippen LogP) is 14.0. The van der Waals surface area contributed by atoms with E-state index in [2.05, 4.69) is 171 Å². The predicted molar refractivity (Wildman–Crippen MR) is 254 cm³/mol. The number of aryl methyl sites for hydroxylation is 7. The lowest BCUT2D eigenvalue weighted by atomic mass is 9.90. The van der Waals surface area contributed by atoms with Crippen molar-refractivity contribution >= 4 is 22.1 Å². The van der Waals surface area contributed by atoms with Crippen LogP contribution in [0, 0.1) is 20.8 Å². The van der Waals surface area contributed by atoms with Crippen LogP contribution in [0.1, 0.15) is 39.1 Å². The minimum absolute atomic E-state index is 0.653. The number of benzene rings is 5. The molecule has 0 aliphatic heterocycles. The fourth-order valence-corrected chi connectivity index (χ4v) is 8.66. The molecule has 5 aromatic heterocycles. The highest BCUT2D eigenvalue weighted by atomic mass is 16.3. The van der Waals surface area contributed by atoms with Crippen molar-refractivity contribution in [3.8, 4) is 56.0 Å². The van der Waals surface area contributed by atoms with Gasteiger partial charge in [0, 0.05) is 57.3 Å². The Bertz CT molecular complexity index is 3100. The van der Waals surface area contributed by atoms with E-state index in [4.69, 9.17) is 19.4 Å². The first kappa shape index (κ1) is 38.7. The summed E-state index contributed by atoms with van der Waals surface area (Å²) in [5, 5.41) is 2.06. The Balaban J connectivity index is 0.969. The van der Waals surface area contributed by atoms with Gasteiger partial charge in [-0.3, -0.25) is 15.0 Å². The molecule has 5 heterocycles. The van der Waals surface area contributed by atoms with Gasteiger partial charge in [-0.2, -0.15) is 0 Å². The summed E-state index contributed by atoms with van der Waals surface area (Å²) >= 11 is 0. The highest BCUT2D eigenvalue weighted by Gasteiger charge is 2.16. The van der Waals surface area contributed by atoms with Crippen LogP contribution in [0.5, 0.6) is 0 Å². The lowest BCUT2D eigenvalue weighted by Crippen LogP contribution is -2.00. The molecule has 0 saturated carbocycles. The van der Waals surface area contributed by atoms with Crippen LogP contribution in [0.25, 0.3) is 78.1 Å². The fourth-order valence-electron chi connectivity index (χ4n) is 8.66. The minimum Gasteiger partial charge on any atom is -0.437 e. The molecule has 300 valence electrons. The molecule has 0 amide bonds. The molecule has 0 unspecified atom stereocenters. The number of hydrogen-bond donors (Lipinski definition) is 0. The quantitative estimate of drug-likeness (QED) is 0.130. The van der Waals surface area contributed by atoms with E-state index < -0.39 is 0 Å². The maximum Gasteiger partial charge on any atom is 0.227 e. The zero-order chi connectivity index (χ0) is 42.0. The van der Waals surface area contributed by atoms with Crippen molar-refractivity contribution in [1.82, 2.24) is 19.9 Å². The number of pyridine rings is 4. The molecule has 5 nitrogen and oxygen atoms in total. The molecule has 0 aliphatic carbocycles. The molecular weight excluding hydrogens is 757 g/mol. The first-order valence-electron chi connectivity index (χ1n) is 21.4. The van der Waals surface area contributed by atoms with Gasteiger partial charge >= 0.3 is 0 Å². The highest BCUT2D eigenvalue weighted by Crippen LogP contribution is 2.37. The first-order chi connectivity index (χ1) is 30.4. The lowest BCUT2D eigenvalue weighted by Gasteiger charge is -2.15. The van der Waals surface area contributed by atoms with E-state index in [1.165, 1.54) is 44.5 Å². The van der Waals surface area contributed by atoms with Crippen LogP contribution in [0.4, 0.5) is 0 Å². The monoisotopic (exact) mass is 802 g/mol. The third-order valence-electron chi connectivity index (χ3n) is 12.1. The number of para-hydroxylation sites is 1. The van der Waals surface area contributed by atoms with Crippen LogP contribution in [0.15, 0.2) is 181 Å². The summed E-state index contributed by atoms with van der Waals surface area (Å²) in [6.45, 7) is 6.39. The molecule has 5 aromatic carbocycles. The Hall–Kier alpha value is -7.50. The molecule has 62 heavy (non-hydrogen) atoms. The number of fused-ring (bicyclic) bond motifs is 3. The Labute approximate surface area is 362 Å². The Morgan fingerprint density at radius 3 is 1.55 bits per heavy atom. The maximum absolute atomic E-state index is 6.33. The standard InChI is InChI=1S/C57H46N4O/c1-37-29-54(42-13-6-4-7-14-42)59-34-44(37)24-22-40-31-41(23-25-45-35-60-55(30-38(45)2)43-15-8-5-9-16-43)33-47(32-40)49-18-11-10-17-48(49)46-26-28-53(58-36-46)52-20-12-19-50-51-27-21-39(3)61-57(51)62-56(50)52/h4-21,26-36H,22-25H2,1-3H3. The van der Waals surface area contributed by atoms with Crippen molar-refractivity contribution in [3.63, 3.8) is 0 Å². The van der Waals surface area contributed by atoms with Gasteiger partial charge in [0.2, 0.25) is 5.71 Å². The number of aromatic nitrogens is 4. The van der Waals surface area contributed by atoms with Crippen molar-refractivity contribution in [2.45, 2.75) is 46.5 Å². The molecule has 0 aliphatic rings. The van der Waals surface area contributed by atoms with E-state index in [0.717, 1.165) is 92.6 Å². The van der Waals surface area contributed by atoms with Gasteiger partial charge in [-0.15, -0.1) is 0 Å². The minimum atomic E-state index is 0.653. The van der Waals surface area contributed by atoms with E-state index in [9.17, 15) is 0 Å². The van der Waals surface area contributed by atoms with E-state index >= 15 is 0 Å². The third-order valence-corrected chi connectivity index (χ3v) is 12.1. The Kier molecular flexibility index (Phi) is 10.5. The molecule has 0 bridgehead atoms. The van der Waals surface area contributed by atoms with E-state index in [1.807, 2.05) is 31.3 Å². The van der Waals surface area contributed by atoms with Gasteiger partial charge in [0.1, 0.15) is 5.58 Å². The summed E-state index contributed by atoms with van der Waals surface area (Å²) in [4.78, 5) is 19.4. The Morgan fingerprint density at radius 2 is 0.968 bits per heavy atom. The zero-order valence-electron chi connectivity index (χ0n) is 35.3. The molecule has 0 spiro atoms.